The number of ether oxygens (including phenoxy) is 1. The molecule has 0 aliphatic heterocycles. The highest BCUT2D eigenvalue weighted by molar-refractivity contribution is 6.30. The summed E-state index contributed by atoms with van der Waals surface area (Å²) >= 11 is 5.98. The van der Waals surface area contributed by atoms with Gasteiger partial charge in [0, 0.05) is 23.7 Å². The molecule has 2 aromatic rings. The molecule has 5 nitrogen and oxygen atoms in total. The second kappa shape index (κ2) is 7.24. The third kappa shape index (κ3) is 3.96. The van der Waals surface area contributed by atoms with Crippen molar-refractivity contribution in [2.24, 2.45) is 0 Å². The fourth-order valence-corrected chi connectivity index (χ4v) is 2.35. The van der Waals surface area contributed by atoms with E-state index in [2.05, 4.69) is 5.32 Å². The highest BCUT2D eigenvalue weighted by atomic mass is 35.5. The van der Waals surface area contributed by atoms with Gasteiger partial charge in [0.1, 0.15) is 0 Å². The third-order valence-corrected chi connectivity index (χ3v) is 3.64. The molecule has 1 unspecified atom stereocenters. The van der Waals surface area contributed by atoms with Gasteiger partial charge in [-0.15, -0.1) is 0 Å². The Hall–Kier alpha value is -2.11. The molecule has 6 heteroatoms. The number of nitro groups is 1. The quantitative estimate of drug-likeness (QED) is 0.642. The number of nitro benzene ring substituents is 1. The first-order valence-corrected chi connectivity index (χ1v) is 7.19. The average molecular weight is 321 g/mol. The van der Waals surface area contributed by atoms with Gasteiger partial charge >= 0.3 is 5.69 Å². The van der Waals surface area contributed by atoms with Crippen LogP contribution >= 0.6 is 11.6 Å². The number of hydrogen-bond acceptors (Lipinski definition) is 4. The lowest BCUT2D eigenvalue weighted by Crippen LogP contribution is -2.18. The van der Waals surface area contributed by atoms with Gasteiger partial charge in [0.2, 0.25) is 0 Å². The van der Waals surface area contributed by atoms with Crippen LogP contribution in [0, 0.1) is 10.1 Å². The van der Waals surface area contributed by atoms with Gasteiger partial charge in [0.15, 0.2) is 5.75 Å². The third-order valence-electron chi connectivity index (χ3n) is 3.40. The molecule has 2 rings (SSSR count). The summed E-state index contributed by atoms with van der Waals surface area (Å²) in [5.74, 6) is 0.261. The molecular formula is C16H17ClN2O3. The van der Waals surface area contributed by atoms with E-state index < -0.39 is 4.92 Å². The molecule has 0 heterocycles. The molecule has 1 atom stereocenters. The van der Waals surface area contributed by atoms with Gasteiger partial charge in [-0.25, -0.2) is 0 Å². The summed E-state index contributed by atoms with van der Waals surface area (Å²) in [7, 11) is 1.42. The van der Waals surface area contributed by atoms with Gasteiger partial charge in [0.05, 0.1) is 12.0 Å². The van der Waals surface area contributed by atoms with Gasteiger partial charge in [-0.05, 0) is 36.2 Å². The molecule has 0 aromatic heterocycles. The number of halogens is 1. The Bertz CT molecular complexity index is 676. The van der Waals surface area contributed by atoms with E-state index in [9.17, 15) is 10.1 Å². The monoisotopic (exact) mass is 320 g/mol. The van der Waals surface area contributed by atoms with E-state index in [0.717, 1.165) is 11.1 Å². The Kier molecular flexibility index (Phi) is 5.35. The van der Waals surface area contributed by atoms with E-state index in [1.807, 2.05) is 37.3 Å². The normalized spacial score (nSPS) is 12.0. The summed E-state index contributed by atoms with van der Waals surface area (Å²) in [4.78, 5) is 10.6. The lowest BCUT2D eigenvalue weighted by Gasteiger charge is -2.15. The van der Waals surface area contributed by atoms with E-state index in [4.69, 9.17) is 16.3 Å². The molecule has 0 aliphatic rings. The highest BCUT2D eigenvalue weighted by Crippen LogP contribution is 2.27. The highest BCUT2D eigenvalue weighted by Gasteiger charge is 2.15. The SMILES string of the molecule is COc1ccc(CNC(C)c2cccc(Cl)c2)cc1[N+](=O)[O-]. The predicted molar refractivity (Wildman–Crippen MR) is 86.4 cm³/mol. The maximum absolute atomic E-state index is 11.0. The molecule has 0 amide bonds. The first-order valence-electron chi connectivity index (χ1n) is 6.81. The Balaban J connectivity index is 2.08. The van der Waals surface area contributed by atoms with Crippen LogP contribution in [0.2, 0.25) is 5.02 Å². The zero-order valence-electron chi connectivity index (χ0n) is 12.4. The molecule has 0 fully saturated rings. The molecule has 0 bridgehead atoms. The average Bonchev–Trinajstić information content (AvgIpc) is 2.52. The van der Waals surface area contributed by atoms with Gasteiger partial charge in [-0.2, -0.15) is 0 Å². The van der Waals surface area contributed by atoms with Crippen molar-refractivity contribution in [3.8, 4) is 5.75 Å². The largest absolute Gasteiger partial charge is 0.490 e. The Morgan fingerprint density at radius 1 is 1.32 bits per heavy atom. The summed E-state index contributed by atoms with van der Waals surface area (Å²) in [6.45, 7) is 2.53. The van der Waals surface area contributed by atoms with Crippen LogP contribution in [-0.4, -0.2) is 12.0 Å². The molecule has 0 aliphatic carbocycles. The van der Waals surface area contributed by atoms with Crippen LogP contribution < -0.4 is 10.1 Å². The lowest BCUT2D eigenvalue weighted by atomic mass is 10.1. The fraction of sp³-hybridized carbons (Fsp3) is 0.250. The number of rotatable bonds is 6. The maximum Gasteiger partial charge on any atom is 0.311 e. The predicted octanol–water partition coefficient (Wildman–Crippen LogP) is 4.11. The standard InChI is InChI=1S/C16H17ClN2O3/c1-11(13-4-3-5-14(17)9-13)18-10-12-6-7-16(22-2)15(8-12)19(20)21/h3-9,11,18H,10H2,1-2H3. The lowest BCUT2D eigenvalue weighted by molar-refractivity contribution is -0.385. The van der Waals surface area contributed by atoms with E-state index in [1.165, 1.54) is 13.2 Å². The Morgan fingerprint density at radius 2 is 2.09 bits per heavy atom. The van der Waals surface area contributed by atoms with Crippen molar-refractivity contribution in [2.75, 3.05) is 7.11 Å². The van der Waals surface area contributed by atoms with Crippen molar-refractivity contribution in [1.29, 1.82) is 0 Å². The number of benzene rings is 2. The molecule has 0 radical (unpaired) electrons. The summed E-state index contributed by atoms with van der Waals surface area (Å²) in [6, 6.07) is 12.6. The molecule has 1 N–H and O–H groups in total. The van der Waals surface area contributed by atoms with Crippen molar-refractivity contribution in [3.05, 3.63) is 68.7 Å². The van der Waals surface area contributed by atoms with Crippen LogP contribution in [0.5, 0.6) is 5.75 Å². The van der Waals surface area contributed by atoms with Crippen molar-refractivity contribution >= 4 is 17.3 Å². The number of nitrogens with zero attached hydrogens (tertiary/aromatic N) is 1. The Labute approximate surface area is 134 Å². The minimum Gasteiger partial charge on any atom is -0.490 e. The molecule has 116 valence electrons. The van der Waals surface area contributed by atoms with Crippen molar-refractivity contribution < 1.29 is 9.66 Å². The Morgan fingerprint density at radius 3 is 2.73 bits per heavy atom. The van der Waals surface area contributed by atoms with Gasteiger partial charge < -0.3 is 10.1 Å². The minimum atomic E-state index is -0.442. The molecular weight excluding hydrogens is 304 g/mol. The van der Waals surface area contributed by atoms with E-state index in [-0.39, 0.29) is 17.5 Å². The van der Waals surface area contributed by atoms with Crippen LogP contribution in [0.25, 0.3) is 0 Å². The van der Waals surface area contributed by atoms with E-state index in [0.29, 0.717) is 11.6 Å². The topological polar surface area (TPSA) is 64.4 Å². The van der Waals surface area contributed by atoms with Crippen LogP contribution in [0.15, 0.2) is 42.5 Å². The summed E-state index contributed by atoms with van der Waals surface area (Å²) in [6.07, 6.45) is 0. The van der Waals surface area contributed by atoms with Crippen molar-refractivity contribution in [1.82, 2.24) is 5.32 Å². The first kappa shape index (κ1) is 16.3. The van der Waals surface area contributed by atoms with E-state index in [1.54, 1.807) is 6.07 Å². The number of hydrogen-bond donors (Lipinski definition) is 1. The molecule has 0 saturated carbocycles. The second-order valence-corrected chi connectivity index (χ2v) is 5.36. The van der Waals surface area contributed by atoms with Crippen molar-refractivity contribution in [3.63, 3.8) is 0 Å². The fourth-order valence-electron chi connectivity index (χ4n) is 2.15. The van der Waals surface area contributed by atoms with Crippen LogP contribution in [-0.2, 0) is 6.54 Å². The van der Waals surface area contributed by atoms with Crippen LogP contribution in [0.3, 0.4) is 0 Å². The number of nitrogens with one attached hydrogen (secondary N) is 1. The zero-order chi connectivity index (χ0) is 16.1. The first-order chi connectivity index (χ1) is 10.5. The molecule has 0 saturated heterocycles. The van der Waals surface area contributed by atoms with Crippen LogP contribution in [0.1, 0.15) is 24.1 Å². The summed E-state index contributed by atoms with van der Waals surface area (Å²) < 4.78 is 4.99. The van der Waals surface area contributed by atoms with Gasteiger partial charge in [0.25, 0.3) is 0 Å². The van der Waals surface area contributed by atoms with Crippen molar-refractivity contribution in [2.45, 2.75) is 19.5 Å². The molecule has 2 aromatic carbocycles. The second-order valence-electron chi connectivity index (χ2n) is 4.92. The van der Waals surface area contributed by atoms with Gasteiger partial charge in [-0.1, -0.05) is 29.8 Å². The summed E-state index contributed by atoms with van der Waals surface area (Å²) in [5.41, 5.74) is 1.86. The summed E-state index contributed by atoms with van der Waals surface area (Å²) in [5, 5.41) is 15.0. The molecule has 0 spiro atoms. The van der Waals surface area contributed by atoms with Gasteiger partial charge in [-0.3, -0.25) is 10.1 Å². The van der Waals surface area contributed by atoms with E-state index >= 15 is 0 Å². The van der Waals surface area contributed by atoms with Crippen LogP contribution in [0.4, 0.5) is 5.69 Å². The zero-order valence-corrected chi connectivity index (χ0v) is 13.1. The molecule has 22 heavy (non-hydrogen) atoms. The maximum atomic E-state index is 11.0. The minimum absolute atomic E-state index is 0.0304. The smallest absolute Gasteiger partial charge is 0.311 e. The number of methoxy groups -OCH3 is 1.